The summed E-state index contributed by atoms with van der Waals surface area (Å²) in [6, 6.07) is 9.80. The van der Waals surface area contributed by atoms with Gasteiger partial charge in [0.05, 0.1) is 18.8 Å². The lowest BCUT2D eigenvalue weighted by molar-refractivity contribution is -0.251. The van der Waals surface area contributed by atoms with Crippen molar-refractivity contribution in [3.05, 3.63) is 60.2 Å². The van der Waals surface area contributed by atoms with E-state index in [4.69, 9.17) is 18.9 Å². The lowest BCUT2D eigenvalue weighted by atomic mass is 10.00. The van der Waals surface area contributed by atoms with Crippen LogP contribution >= 0.6 is 0 Å². The Morgan fingerprint density at radius 3 is 2.26 bits per heavy atom. The van der Waals surface area contributed by atoms with Crippen molar-refractivity contribution in [3.8, 4) is 17.5 Å². The summed E-state index contributed by atoms with van der Waals surface area (Å²) >= 11 is 0. The Bertz CT molecular complexity index is 1110. The van der Waals surface area contributed by atoms with Gasteiger partial charge in [0.15, 0.2) is 5.79 Å². The maximum Gasteiger partial charge on any atom is 0.229 e. The molecule has 2 aliphatic rings. The smallest absolute Gasteiger partial charge is 0.229 e. The summed E-state index contributed by atoms with van der Waals surface area (Å²) in [5.74, 6) is 2.20. The SMILES string of the molecule is Cc1c(Oc2ccc(C3COC(C)(C)OC3)cc2)ncnc1OC1CCN(c2ncccn2)CC1. The molecular weight excluding hydrogens is 446 g/mol. The minimum Gasteiger partial charge on any atom is -0.474 e. The Balaban J connectivity index is 1.18. The Morgan fingerprint density at radius 1 is 0.914 bits per heavy atom. The second-order valence-electron chi connectivity index (χ2n) is 9.35. The third-order valence-corrected chi connectivity index (χ3v) is 6.38. The Morgan fingerprint density at radius 2 is 1.57 bits per heavy atom. The summed E-state index contributed by atoms with van der Waals surface area (Å²) < 4.78 is 23.9. The molecule has 0 N–H and O–H groups in total. The fourth-order valence-corrected chi connectivity index (χ4v) is 4.23. The average Bonchev–Trinajstić information content (AvgIpc) is 2.88. The van der Waals surface area contributed by atoms with E-state index in [2.05, 4.69) is 24.8 Å². The third kappa shape index (κ3) is 5.68. The molecule has 3 aromatic rings. The highest BCUT2D eigenvalue weighted by atomic mass is 16.7. The number of ether oxygens (including phenoxy) is 4. The van der Waals surface area contributed by atoms with Gasteiger partial charge in [-0.2, -0.15) is 0 Å². The summed E-state index contributed by atoms with van der Waals surface area (Å²) in [6.45, 7) is 8.73. The van der Waals surface area contributed by atoms with Crippen LogP contribution in [0, 0.1) is 6.92 Å². The minimum atomic E-state index is -0.517. The molecule has 184 valence electrons. The highest BCUT2D eigenvalue weighted by molar-refractivity contribution is 5.38. The minimum absolute atomic E-state index is 0.0700. The molecule has 1 aromatic carbocycles. The second kappa shape index (κ2) is 10.1. The molecule has 0 amide bonds. The number of piperidine rings is 1. The molecule has 0 spiro atoms. The molecule has 9 nitrogen and oxygen atoms in total. The number of hydrogen-bond acceptors (Lipinski definition) is 9. The van der Waals surface area contributed by atoms with Crippen LogP contribution in [0.5, 0.6) is 17.5 Å². The molecule has 5 rings (SSSR count). The summed E-state index contributed by atoms with van der Waals surface area (Å²) in [5.41, 5.74) is 1.94. The fraction of sp³-hybridized carbons (Fsp3) is 0.462. The summed E-state index contributed by atoms with van der Waals surface area (Å²) in [5, 5.41) is 0. The first-order chi connectivity index (χ1) is 17.0. The molecule has 4 heterocycles. The zero-order valence-electron chi connectivity index (χ0n) is 20.4. The molecule has 35 heavy (non-hydrogen) atoms. The number of hydrogen-bond donors (Lipinski definition) is 0. The van der Waals surface area contributed by atoms with Gasteiger partial charge in [0.2, 0.25) is 17.7 Å². The van der Waals surface area contributed by atoms with Crippen LogP contribution in [0.4, 0.5) is 5.95 Å². The summed E-state index contributed by atoms with van der Waals surface area (Å²) in [6.07, 6.45) is 6.82. The normalized spacial score (nSPS) is 18.9. The van der Waals surface area contributed by atoms with E-state index < -0.39 is 5.79 Å². The van der Waals surface area contributed by atoms with E-state index in [0.717, 1.165) is 43.0 Å². The average molecular weight is 478 g/mol. The highest BCUT2D eigenvalue weighted by Crippen LogP contribution is 2.32. The van der Waals surface area contributed by atoms with Gasteiger partial charge in [-0.25, -0.2) is 19.9 Å². The third-order valence-electron chi connectivity index (χ3n) is 6.38. The lowest BCUT2D eigenvalue weighted by Crippen LogP contribution is -2.39. The van der Waals surface area contributed by atoms with Crippen LogP contribution in [0.15, 0.2) is 49.1 Å². The lowest BCUT2D eigenvalue weighted by Gasteiger charge is -2.35. The van der Waals surface area contributed by atoms with Gasteiger partial charge < -0.3 is 23.8 Å². The van der Waals surface area contributed by atoms with Crippen molar-refractivity contribution < 1.29 is 18.9 Å². The number of rotatable bonds is 6. The Labute approximate surface area is 205 Å². The van der Waals surface area contributed by atoms with E-state index in [-0.39, 0.29) is 12.0 Å². The van der Waals surface area contributed by atoms with Gasteiger partial charge in [-0.3, -0.25) is 0 Å². The van der Waals surface area contributed by atoms with Crippen molar-refractivity contribution in [2.75, 3.05) is 31.2 Å². The van der Waals surface area contributed by atoms with E-state index in [1.807, 2.05) is 51.1 Å². The van der Waals surface area contributed by atoms with Crippen LogP contribution in [-0.4, -0.2) is 58.1 Å². The predicted octanol–water partition coefficient (Wildman–Crippen LogP) is 4.28. The van der Waals surface area contributed by atoms with Gasteiger partial charge in [0.1, 0.15) is 18.2 Å². The molecule has 2 aromatic heterocycles. The number of nitrogens with zero attached hydrogens (tertiary/aromatic N) is 5. The van der Waals surface area contributed by atoms with Crippen LogP contribution in [0.2, 0.25) is 0 Å². The van der Waals surface area contributed by atoms with Crippen LogP contribution in [0.25, 0.3) is 0 Å². The maximum atomic E-state index is 6.24. The molecule has 0 unspecified atom stereocenters. The van der Waals surface area contributed by atoms with Crippen molar-refractivity contribution in [3.63, 3.8) is 0 Å². The van der Waals surface area contributed by atoms with Gasteiger partial charge in [-0.1, -0.05) is 12.1 Å². The van der Waals surface area contributed by atoms with Crippen LogP contribution in [-0.2, 0) is 9.47 Å². The Hall–Kier alpha value is -3.30. The molecule has 0 radical (unpaired) electrons. The molecule has 0 aliphatic carbocycles. The van der Waals surface area contributed by atoms with Crippen molar-refractivity contribution >= 4 is 5.95 Å². The Kier molecular flexibility index (Phi) is 6.79. The van der Waals surface area contributed by atoms with Crippen molar-refractivity contribution in [2.45, 2.75) is 51.4 Å². The van der Waals surface area contributed by atoms with Crippen LogP contribution in [0.3, 0.4) is 0 Å². The first-order valence-corrected chi connectivity index (χ1v) is 12.0. The zero-order chi connectivity index (χ0) is 24.3. The largest absolute Gasteiger partial charge is 0.474 e. The monoisotopic (exact) mass is 477 g/mol. The molecule has 2 aliphatic heterocycles. The van der Waals surface area contributed by atoms with Gasteiger partial charge in [-0.05, 0) is 44.5 Å². The van der Waals surface area contributed by atoms with Gasteiger partial charge in [0.25, 0.3) is 0 Å². The predicted molar refractivity (Wildman–Crippen MR) is 130 cm³/mol. The number of aromatic nitrogens is 4. The highest BCUT2D eigenvalue weighted by Gasteiger charge is 2.29. The molecule has 0 saturated carbocycles. The first kappa shape index (κ1) is 23.4. The van der Waals surface area contributed by atoms with Crippen LogP contribution < -0.4 is 14.4 Å². The van der Waals surface area contributed by atoms with E-state index >= 15 is 0 Å². The number of benzene rings is 1. The van der Waals surface area contributed by atoms with E-state index in [0.29, 0.717) is 30.7 Å². The molecular formula is C26H31N5O4. The maximum absolute atomic E-state index is 6.24. The van der Waals surface area contributed by atoms with Crippen molar-refractivity contribution in [1.82, 2.24) is 19.9 Å². The molecule has 0 atom stereocenters. The van der Waals surface area contributed by atoms with Gasteiger partial charge >= 0.3 is 0 Å². The molecule has 9 heteroatoms. The fourth-order valence-electron chi connectivity index (χ4n) is 4.23. The quantitative estimate of drug-likeness (QED) is 0.516. The van der Waals surface area contributed by atoms with E-state index in [1.54, 1.807) is 12.4 Å². The standard InChI is InChI=1S/C26H31N5O4/c1-18-23(34-21-7-5-19(6-8-21)20-15-32-26(2,3)33-16-20)29-17-30-24(18)35-22-9-13-31(14-10-22)25-27-11-4-12-28-25/h4-8,11-12,17,20,22H,9-10,13-16H2,1-3H3. The van der Waals surface area contributed by atoms with Crippen molar-refractivity contribution in [2.24, 2.45) is 0 Å². The van der Waals surface area contributed by atoms with Gasteiger partial charge in [0, 0.05) is 44.2 Å². The molecule has 2 fully saturated rings. The van der Waals surface area contributed by atoms with E-state index in [1.165, 1.54) is 6.33 Å². The molecule has 0 bridgehead atoms. The summed E-state index contributed by atoms with van der Waals surface area (Å²) in [4.78, 5) is 19.5. The second-order valence-corrected chi connectivity index (χ2v) is 9.35. The zero-order valence-corrected chi connectivity index (χ0v) is 20.4. The van der Waals surface area contributed by atoms with Crippen LogP contribution in [0.1, 0.15) is 43.7 Å². The van der Waals surface area contributed by atoms with E-state index in [9.17, 15) is 0 Å². The molecule has 2 saturated heterocycles. The number of anilines is 1. The topological polar surface area (TPSA) is 91.7 Å². The van der Waals surface area contributed by atoms with Crippen molar-refractivity contribution in [1.29, 1.82) is 0 Å². The summed E-state index contributed by atoms with van der Waals surface area (Å²) in [7, 11) is 0. The first-order valence-electron chi connectivity index (χ1n) is 12.0. The van der Waals surface area contributed by atoms with Gasteiger partial charge in [-0.15, -0.1) is 0 Å².